The van der Waals surface area contributed by atoms with Crippen LogP contribution in [0, 0.1) is 0 Å². The van der Waals surface area contributed by atoms with Crippen LogP contribution in [0.1, 0.15) is 29.8 Å². The van der Waals surface area contributed by atoms with Crippen molar-refractivity contribution in [3.8, 4) is 11.5 Å². The van der Waals surface area contributed by atoms with Gasteiger partial charge in [0.05, 0.1) is 22.0 Å². The fraction of sp³-hybridized carbons (Fsp3) is 0.306. The molecule has 0 bridgehead atoms. The lowest BCUT2D eigenvalue weighted by Gasteiger charge is -2.35. The van der Waals surface area contributed by atoms with E-state index in [1.54, 1.807) is 85.6 Å². The van der Waals surface area contributed by atoms with Crippen molar-refractivity contribution in [1.82, 2.24) is 14.4 Å². The second-order valence-corrected chi connectivity index (χ2v) is 12.0. The average molecular weight is 704 g/mol. The maximum atomic E-state index is 14.0. The van der Waals surface area contributed by atoms with Gasteiger partial charge in [0, 0.05) is 52.4 Å². The van der Waals surface area contributed by atoms with Crippen LogP contribution < -0.4 is 25.7 Å². The number of hydrogen-bond donors (Lipinski definition) is 1. The number of halogens is 1. The number of amides is 3. The van der Waals surface area contributed by atoms with Crippen molar-refractivity contribution in [3.05, 3.63) is 99.3 Å². The van der Waals surface area contributed by atoms with E-state index < -0.39 is 36.4 Å². The molecule has 1 atom stereocenters. The first-order valence-electron chi connectivity index (χ1n) is 16.0. The first kappa shape index (κ1) is 35.9. The summed E-state index contributed by atoms with van der Waals surface area (Å²) in [5.74, 6) is -0.967. The molecule has 3 amide bonds. The maximum Gasteiger partial charge on any atom is 0.412 e. The Labute approximate surface area is 293 Å². The standard InChI is InChI=1S/C36H38ClN5O8/c1-4-42(25-9-6-5-7-10-25)35(46)31-32(30-27(37)11-8-12-29(30)39(3)34(31)45)48-22-49-36(47)41-19-17-40(18-20-41)33(44)28(38)21-24-13-15-26(16-14-24)50-23(2)43/h5-16,28H,4,17-22,38H2,1-3H3/t28-/m0/s1. The second kappa shape index (κ2) is 15.9. The van der Waals surface area contributed by atoms with Crippen LogP contribution in [-0.4, -0.2) is 83.8 Å². The highest BCUT2D eigenvalue weighted by atomic mass is 35.5. The molecule has 1 aromatic heterocycles. The number of fused-ring (bicyclic) bond motifs is 1. The number of benzene rings is 3. The Bertz CT molecular complexity index is 1940. The van der Waals surface area contributed by atoms with Gasteiger partial charge in [-0.05, 0) is 55.3 Å². The zero-order valence-electron chi connectivity index (χ0n) is 28.0. The molecule has 0 unspecified atom stereocenters. The number of nitrogens with two attached hydrogens (primary N) is 1. The number of piperazine rings is 1. The van der Waals surface area contributed by atoms with E-state index in [0.29, 0.717) is 22.3 Å². The molecule has 1 saturated heterocycles. The molecule has 3 aromatic carbocycles. The van der Waals surface area contributed by atoms with E-state index in [-0.39, 0.29) is 61.4 Å². The number of rotatable bonds is 10. The predicted molar refractivity (Wildman–Crippen MR) is 188 cm³/mol. The van der Waals surface area contributed by atoms with Crippen LogP contribution >= 0.6 is 11.6 Å². The van der Waals surface area contributed by atoms with Gasteiger partial charge < -0.3 is 39.2 Å². The minimum Gasteiger partial charge on any atom is -0.455 e. The summed E-state index contributed by atoms with van der Waals surface area (Å²) in [6.45, 7) is 3.65. The summed E-state index contributed by atoms with van der Waals surface area (Å²) >= 11 is 6.59. The summed E-state index contributed by atoms with van der Waals surface area (Å²) in [6.07, 6.45) is -0.410. The van der Waals surface area contributed by atoms with E-state index >= 15 is 0 Å². The molecular weight excluding hydrogens is 666 g/mol. The second-order valence-electron chi connectivity index (χ2n) is 11.6. The lowest BCUT2D eigenvalue weighted by Crippen LogP contribution is -2.54. The molecule has 2 heterocycles. The number of para-hydroxylation sites is 1. The number of carbonyl (C=O) groups is 4. The summed E-state index contributed by atoms with van der Waals surface area (Å²) in [5.41, 5.74) is 7.20. The number of aromatic nitrogens is 1. The zero-order chi connectivity index (χ0) is 35.9. The molecule has 0 aliphatic carbocycles. The topological polar surface area (TPSA) is 154 Å². The molecule has 1 aliphatic heterocycles. The average Bonchev–Trinajstić information content (AvgIpc) is 3.11. The van der Waals surface area contributed by atoms with Gasteiger partial charge in [-0.3, -0.25) is 19.2 Å². The van der Waals surface area contributed by atoms with Gasteiger partial charge in [0.2, 0.25) is 12.7 Å². The number of aryl methyl sites for hydroxylation is 1. The summed E-state index contributed by atoms with van der Waals surface area (Å²) < 4.78 is 17.7. The van der Waals surface area contributed by atoms with E-state index in [0.717, 1.165) is 5.56 Å². The molecule has 14 heteroatoms. The summed E-state index contributed by atoms with van der Waals surface area (Å²) in [6, 6.07) is 19.9. The van der Waals surface area contributed by atoms with Crippen molar-refractivity contribution in [3.63, 3.8) is 0 Å². The Hall–Kier alpha value is -5.40. The van der Waals surface area contributed by atoms with Crippen molar-refractivity contribution in [2.24, 2.45) is 12.8 Å². The van der Waals surface area contributed by atoms with Crippen LogP contribution in [-0.2, 0) is 27.8 Å². The smallest absolute Gasteiger partial charge is 0.412 e. The summed E-state index contributed by atoms with van der Waals surface area (Å²) in [5, 5.41) is 0.567. The quantitative estimate of drug-likeness (QED) is 0.147. The molecular formula is C36H38ClN5O8. The number of esters is 1. The number of hydrogen-bond acceptors (Lipinski definition) is 9. The Morgan fingerprint density at radius 3 is 2.22 bits per heavy atom. The van der Waals surface area contributed by atoms with Gasteiger partial charge in [0.25, 0.3) is 11.5 Å². The minimum absolute atomic E-state index is 0.0914. The van der Waals surface area contributed by atoms with Crippen LogP contribution in [0.5, 0.6) is 11.5 Å². The molecule has 1 aliphatic rings. The Kier molecular flexibility index (Phi) is 11.4. The normalized spacial score (nSPS) is 13.5. The third kappa shape index (κ3) is 7.90. The number of carbonyl (C=O) groups excluding carboxylic acids is 4. The minimum atomic E-state index is -0.802. The fourth-order valence-electron chi connectivity index (χ4n) is 5.81. The highest BCUT2D eigenvalue weighted by molar-refractivity contribution is 6.36. The van der Waals surface area contributed by atoms with Gasteiger partial charge in [-0.1, -0.05) is 48.0 Å². The van der Waals surface area contributed by atoms with Crippen molar-refractivity contribution in [2.45, 2.75) is 26.3 Å². The summed E-state index contributed by atoms with van der Waals surface area (Å²) in [4.78, 5) is 69.3. The Morgan fingerprint density at radius 2 is 1.58 bits per heavy atom. The highest BCUT2D eigenvalue weighted by Crippen LogP contribution is 2.34. The zero-order valence-corrected chi connectivity index (χ0v) is 28.7. The van der Waals surface area contributed by atoms with Crippen molar-refractivity contribution in [2.75, 3.05) is 44.4 Å². The van der Waals surface area contributed by atoms with E-state index in [1.165, 1.54) is 21.3 Å². The van der Waals surface area contributed by atoms with Crippen LogP contribution in [0.3, 0.4) is 0 Å². The van der Waals surface area contributed by atoms with Gasteiger partial charge in [-0.2, -0.15) is 0 Å². The van der Waals surface area contributed by atoms with Crippen molar-refractivity contribution in [1.29, 1.82) is 0 Å². The Balaban J connectivity index is 1.24. The van der Waals surface area contributed by atoms with Crippen molar-refractivity contribution < 1.29 is 33.4 Å². The molecule has 0 radical (unpaired) electrons. The number of pyridine rings is 1. The number of nitrogens with zero attached hydrogens (tertiary/aromatic N) is 4. The van der Waals surface area contributed by atoms with Crippen LogP contribution in [0.2, 0.25) is 5.02 Å². The van der Waals surface area contributed by atoms with Crippen LogP contribution in [0.4, 0.5) is 10.5 Å². The summed E-state index contributed by atoms with van der Waals surface area (Å²) in [7, 11) is 1.54. The molecule has 5 rings (SSSR count). The van der Waals surface area contributed by atoms with E-state index in [9.17, 15) is 24.0 Å². The van der Waals surface area contributed by atoms with Gasteiger partial charge in [-0.15, -0.1) is 0 Å². The van der Waals surface area contributed by atoms with E-state index in [2.05, 4.69) is 0 Å². The molecule has 4 aromatic rings. The molecule has 1 fully saturated rings. The monoisotopic (exact) mass is 703 g/mol. The lowest BCUT2D eigenvalue weighted by atomic mass is 10.0. The Morgan fingerprint density at radius 1 is 0.920 bits per heavy atom. The molecule has 50 heavy (non-hydrogen) atoms. The first-order valence-corrected chi connectivity index (χ1v) is 16.4. The molecule has 0 spiro atoms. The number of anilines is 1. The number of ether oxygens (including phenoxy) is 3. The highest BCUT2D eigenvalue weighted by Gasteiger charge is 2.30. The fourth-order valence-corrected chi connectivity index (χ4v) is 6.07. The third-order valence-electron chi connectivity index (χ3n) is 8.36. The van der Waals surface area contributed by atoms with Gasteiger partial charge in [-0.25, -0.2) is 4.79 Å². The van der Waals surface area contributed by atoms with Gasteiger partial charge in [0.1, 0.15) is 11.3 Å². The van der Waals surface area contributed by atoms with Crippen LogP contribution in [0.15, 0.2) is 77.6 Å². The molecule has 262 valence electrons. The van der Waals surface area contributed by atoms with Gasteiger partial charge in [0.15, 0.2) is 5.75 Å². The first-order chi connectivity index (χ1) is 24.0. The molecule has 0 saturated carbocycles. The van der Waals surface area contributed by atoms with Crippen LogP contribution in [0.25, 0.3) is 10.9 Å². The van der Waals surface area contributed by atoms with E-state index in [1.807, 2.05) is 6.07 Å². The largest absolute Gasteiger partial charge is 0.455 e. The molecule has 13 nitrogen and oxygen atoms in total. The molecule has 2 N–H and O–H groups in total. The van der Waals surface area contributed by atoms with Crippen molar-refractivity contribution >= 4 is 52.1 Å². The van der Waals surface area contributed by atoms with E-state index in [4.69, 9.17) is 31.5 Å². The maximum absolute atomic E-state index is 14.0. The van der Waals surface area contributed by atoms with Gasteiger partial charge >= 0.3 is 12.1 Å². The predicted octanol–water partition coefficient (Wildman–Crippen LogP) is 3.97. The lowest BCUT2D eigenvalue weighted by molar-refractivity contribution is -0.134. The SMILES string of the molecule is CCN(C(=O)c1c(OCOC(=O)N2CCN(C(=O)[C@@H](N)Cc3ccc(OC(C)=O)cc3)CC2)c2c(Cl)cccc2n(C)c1=O)c1ccccc1. The third-order valence-corrected chi connectivity index (χ3v) is 8.68.